The van der Waals surface area contributed by atoms with E-state index in [1.165, 1.54) is 79.6 Å². The molecule has 48 heavy (non-hydrogen) atoms. The van der Waals surface area contributed by atoms with Crippen LogP contribution in [0.25, 0.3) is 95.9 Å². The predicted octanol–water partition coefficient (Wildman–Crippen LogP) is 12.5. The lowest BCUT2D eigenvalue weighted by Crippen LogP contribution is -1.94. The summed E-state index contributed by atoms with van der Waals surface area (Å²) in [5.74, 6) is 0. The second-order valence-corrected chi connectivity index (χ2v) is 14.4. The van der Waals surface area contributed by atoms with E-state index in [-0.39, 0.29) is 0 Å². The van der Waals surface area contributed by atoms with Crippen molar-refractivity contribution in [2.45, 2.75) is 0 Å². The largest absolute Gasteiger partial charge is 0.309 e. The molecule has 4 aromatic heterocycles. The molecule has 5 heteroatoms. The molecule has 0 N–H and O–H groups in total. The van der Waals surface area contributed by atoms with Crippen molar-refractivity contribution >= 4 is 96.7 Å². The molecule has 0 atom stereocenters. The minimum atomic E-state index is 0.994. The Hall–Kier alpha value is -5.75. The summed E-state index contributed by atoms with van der Waals surface area (Å²) in [5, 5.41) is 8.58. The molecule has 0 radical (unpaired) electrons. The number of thiazole rings is 1. The topological polar surface area (TPSA) is 22.8 Å². The molecule has 0 fully saturated rings. The zero-order valence-corrected chi connectivity index (χ0v) is 27.2. The molecule has 0 saturated heterocycles. The van der Waals surface area contributed by atoms with Crippen LogP contribution in [0.2, 0.25) is 0 Å². The fraction of sp³-hybridized carbons (Fsp3) is 0. The molecule has 0 aliphatic rings. The van der Waals surface area contributed by atoms with E-state index in [4.69, 9.17) is 4.98 Å². The smallest absolute Gasteiger partial charge is 0.195 e. The van der Waals surface area contributed by atoms with Gasteiger partial charge in [-0.05, 0) is 59.7 Å². The van der Waals surface area contributed by atoms with Crippen LogP contribution in [0.5, 0.6) is 0 Å². The third-order valence-electron chi connectivity index (χ3n) is 9.76. The summed E-state index contributed by atoms with van der Waals surface area (Å²) < 4.78 is 8.67. The second kappa shape index (κ2) is 9.88. The lowest BCUT2D eigenvalue weighted by atomic mass is 10.0. The van der Waals surface area contributed by atoms with E-state index in [1.807, 2.05) is 11.3 Å². The predicted molar refractivity (Wildman–Crippen MR) is 207 cm³/mol. The maximum absolute atomic E-state index is 5.39. The number of aromatic nitrogens is 3. The van der Waals surface area contributed by atoms with E-state index in [2.05, 4.69) is 161 Å². The van der Waals surface area contributed by atoms with Crippen molar-refractivity contribution in [1.82, 2.24) is 14.1 Å². The Balaban J connectivity index is 1.23. The number of para-hydroxylation sites is 3. The first-order valence-corrected chi connectivity index (χ1v) is 17.8. The molecule has 0 bridgehead atoms. The van der Waals surface area contributed by atoms with E-state index in [1.54, 1.807) is 11.3 Å². The number of rotatable bonds is 3. The lowest BCUT2D eigenvalue weighted by Gasteiger charge is -2.08. The van der Waals surface area contributed by atoms with Crippen LogP contribution in [0.1, 0.15) is 0 Å². The Morgan fingerprint density at radius 3 is 1.98 bits per heavy atom. The van der Waals surface area contributed by atoms with Gasteiger partial charge in [0.15, 0.2) is 5.13 Å². The minimum Gasteiger partial charge on any atom is -0.309 e. The molecule has 3 nitrogen and oxygen atoms in total. The molecule has 11 rings (SSSR count). The SMILES string of the molecule is c1ccc(-c2ccc3c(c2)sc2ccc4nc(-n5c6ccccc6c6ccc7c(c8ccccc8n7-c7ccccc7)c65)sc4c23)cc1. The van der Waals surface area contributed by atoms with Gasteiger partial charge in [0.2, 0.25) is 0 Å². The van der Waals surface area contributed by atoms with Crippen molar-refractivity contribution in [3.05, 3.63) is 152 Å². The van der Waals surface area contributed by atoms with Crippen LogP contribution in [0, 0.1) is 0 Å². The standard InChI is InChI=1S/C43H25N3S2/c1-3-11-26(12-4-1)27-19-20-32-38(25-27)47-37-24-22-33-42(40(32)37)48-43(44-33)46-34-17-9-7-15-29(34)30-21-23-36-39(41(30)46)31-16-8-10-18-35(31)45(36)28-13-5-2-6-14-28/h1-25H. The highest BCUT2D eigenvalue weighted by molar-refractivity contribution is 7.28. The molecule has 0 spiro atoms. The second-order valence-electron chi connectivity index (χ2n) is 12.4. The van der Waals surface area contributed by atoms with E-state index in [0.29, 0.717) is 0 Å². The van der Waals surface area contributed by atoms with Gasteiger partial charge in [0.05, 0.1) is 32.3 Å². The van der Waals surface area contributed by atoms with Crippen LogP contribution in [0.15, 0.2) is 152 Å². The van der Waals surface area contributed by atoms with E-state index >= 15 is 0 Å². The molecular formula is C43H25N3S2. The van der Waals surface area contributed by atoms with Gasteiger partial charge in [-0.25, -0.2) is 4.98 Å². The first-order chi connectivity index (χ1) is 23.8. The number of benzene rings is 7. The van der Waals surface area contributed by atoms with Crippen LogP contribution in [-0.2, 0) is 0 Å². The monoisotopic (exact) mass is 647 g/mol. The van der Waals surface area contributed by atoms with Gasteiger partial charge in [-0.15, -0.1) is 11.3 Å². The van der Waals surface area contributed by atoms with E-state index in [0.717, 1.165) is 16.3 Å². The van der Waals surface area contributed by atoms with Crippen LogP contribution >= 0.6 is 22.7 Å². The van der Waals surface area contributed by atoms with Gasteiger partial charge in [0, 0.05) is 47.4 Å². The van der Waals surface area contributed by atoms with Crippen molar-refractivity contribution in [1.29, 1.82) is 0 Å². The quantitative estimate of drug-likeness (QED) is 0.187. The molecular weight excluding hydrogens is 623 g/mol. The van der Waals surface area contributed by atoms with Gasteiger partial charge in [-0.2, -0.15) is 0 Å². The fourth-order valence-corrected chi connectivity index (χ4v) is 10.1. The number of hydrogen-bond acceptors (Lipinski definition) is 3. The van der Waals surface area contributed by atoms with Crippen molar-refractivity contribution in [3.8, 4) is 21.9 Å². The molecule has 0 aliphatic heterocycles. The number of nitrogens with zero attached hydrogens (tertiary/aromatic N) is 3. The summed E-state index contributed by atoms with van der Waals surface area (Å²) in [6, 6.07) is 54.9. The zero-order chi connectivity index (χ0) is 31.3. The van der Waals surface area contributed by atoms with Gasteiger partial charge in [-0.1, -0.05) is 114 Å². The summed E-state index contributed by atoms with van der Waals surface area (Å²) in [6.07, 6.45) is 0. The van der Waals surface area contributed by atoms with Gasteiger partial charge in [0.1, 0.15) is 0 Å². The van der Waals surface area contributed by atoms with Crippen molar-refractivity contribution in [2.24, 2.45) is 0 Å². The fourth-order valence-electron chi connectivity index (χ4n) is 7.70. The maximum atomic E-state index is 5.39. The number of fused-ring (bicyclic) bond motifs is 12. The first-order valence-electron chi connectivity index (χ1n) is 16.1. The van der Waals surface area contributed by atoms with Crippen molar-refractivity contribution < 1.29 is 0 Å². The minimum absolute atomic E-state index is 0.994. The normalized spacial score (nSPS) is 12.2. The highest BCUT2D eigenvalue weighted by Crippen LogP contribution is 2.46. The Morgan fingerprint density at radius 2 is 1.15 bits per heavy atom. The van der Waals surface area contributed by atoms with Gasteiger partial charge in [0.25, 0.3) is 0 Å². The molecule has 224 valence electrons. The molecule has 0 saturated carbocycles. The van der Waals surface area contributed by atoms with Crippen LogP contribution in [-0.4, -0.2) is 14.1 Å². The molecule has 7 aromatic carbocycles. The third kappa shape index (κ3) is 3.60. The first kappa shape index (κ1) is 26.3. The highest BCUT2D eigenvalue weighted by atomic mass is 32.1. The maximum Gasteiger partial charge on any atom is 0.195 e. The van der Waals surface area contributed by atoms with Crippen LogP contribution < -0.4 is 0 Å². The van der Waals surface area contributed by atoms with E-state index in [9.17, 15) is 0 Å². The van der Waals surface area contributed by atoms with E-state index < -0.39 is 0 Å². The average Bonchev–Trinajstić information content (AvgIpc) is 3.90. The molecule has 0 aliphatic carbocycles. The number of hydrogen-bond donors (Lipinski definition) is 0. The molecule has 0 unspecified atom stereocenters. The zero-order valence-electron chi connectivity index (χ0n) is 25.6. The lowest BCUT2D eigenvalue weighted by molar-refractivity contribution is 1.15. The van der Waals surface area contributed by atoms with Gasteiger partial charge in [-0.3, -0.25) is 4.57 Å². The Bertz CT molecular complexity index is 3050. The summed E-state index contributed by atoms with van der Waals surface area (Å²) >= 11 is 3.67. The van der Waals surface area contributed by atoms with Crippen LogP contribution in [0.4, 0.5) is 0 Å². The van der Waals surface area contributed by atoms with Gasteiger partial charge >= 0.3 is 0 Å². The number of thiophene rings is 1. The van der Waals surface area contributed by atoms with Crippen LogP contribution in [0.3, 0.4) is 0 Å². The summed E-state index contributed by atoms with van der Waals surface area (Å²) in [5.41, 5.74) is 9.47. The molecule has 11 aromatic rings. The third-order valence-corrected chi connectivity index (χ3v) is 12.0. The summed E-state index contributed by atoms with van der Waals surface area (Å²) in [7, 11) is 0. The Labute approximate surface area is 283 Å². The Morgan fingerprint density at radius 1 is 0.438 bits per heavy atom. The summed E-state index contributed by atoms with van der Waals surface area (Å²) in [4.78, 5) is 5.39. The highest BCUT2D eigenvalue weighted by Gasteiger charge is 2.23. The Kier molecular flexibility index (Phi) is 5.42. The molecule has 0 amide bonds. The van der Waals surface area contributed by atoms with Crippen molar-refractivity contribution in [2.75, 3.05) is 0 Å². The van der Waals surface area contributed by atoms with Crippen molar-refractivity contribution in [3.63, 3.8) is 0 Å². The van der Waals surface area contributed by atoms with Gasteiger partial charge < -0.3 is 4.57 Å². The summed E-state index contributed by atoms with van der Waals surface area (Å²) in [6.45, 7) is 0. The average molecular weight is 648 g/mol. The molecule has 4 heterocycles.